The zero-order valence-electron chi connectivity index (χ0n) is 16.2. The highest BCUT2D eigenvalue weighted by Crippen LogP contribution is 2.38. The van der Waals surface area contributed by atoms with Crippen LogP contribution in [0.15, 0.2) is 100 Å². The molecular weight excluding hydrogens is 434 g/mol. The Morgan fingerprint density at radius 2 is 1.57 bits per heavy atom. The zero-order valence-corrected chi connectivity index (χ0v) is 17.8. The molecule has 3 nitrogen and oxygen atoms in total. The summed E-state index contributed by atoms with van der Waals surface area (Å²) in [6.45, 7) is 0. The van der Waals surface area contributed by atoms with Crippen molar-refractivity contribution in [2.75, 3.05) is 0 Å². The highest BCUT2D eigenvalue weighted by Gasteiger charge is 2.28. The summed E-state index contributed by atoms with van der Waals surface area (Å²) in [7, 11) is 0. The minimum Gasteiger partial charge on any atom is -0.300 e. The molecule has 5 aromatic rings. The maximum atomic E-state index is 5.06. The number of aliphatic imine (C=N–C) groups is 1. The van der Waals surface area contributed by atoms with Gasteiger partial charge in [-0.3, -0.25) is 0 Å². The van der Waals surface area contributed by atoms with E-state index in [-0.39, 0.29) is 6.04 Å². The molecular formula is C26H18BrN3. The lowest BCUT2D eigenvalue weighted by Gasteiger charge is -2.26. The van der Waals surface area contributed by atoms with Crippen molar-refractivity contribution in [1.82, 2.24) is 9.55 Å². The van der Waals surface area contributed by atoms with Crippen molar-refractivity contribution >= 4 is 49.4 Å². The Balaban J connectivity index is 1.60. The molecule has 0 amide bonds. The van der Waals surface area contributed by atoms with Crippen molar-refractivity contribution in [2.45, 2.75) is 12.5 Å². The molecule has 6 rings (SSSR count). The maximum absolute atomic E-state index is 5.06. The smallest absolute Gasteiger partial charge is 0.231 e. The normalized spacial score (nSPS) is 15.9. The lowest BCUT2D eigenvalue weighted by molar-refractivity contribution is 0.612. The molecule has 1 aromatic heterocycles. The van der Waals surface area contributed by atoms with Crippen LogP contribution in [-0.4, -0.2) is 15.3 Å². The van der Waals surface area contributed by atoms with Crippen LogP contribution in [0.25, 0.3) is 21.8 Å². The van der Waals surface area contributed by atoms with Crippen LogP contribution in [0.5, 0.6) is 0 Å². The number of halogens is 1. The maximum Gasteiger partial charge on any atom is 0.231 e. The van der Waals surface area contributed by atoms with Gasteiger partial charge in [0.2, 0.25) is 5.95 Å². The molecule has 0 bridgehead atoms. The fourth-order valence-corrected chi connectivity index (χ4v) is 4.72. The first kappa shape index (κ1) is 17.6. The molecule has 0 radical (unpaired) electrons. The predicted octanol–water partition coefficient (Wildman–Crippen LogP) is 7.07. The topological polar surface area (TPSA) is 30.2 Å². The van der Waals surface area contributed by atoms with E-state index in [0.29, 0.717) is 0 Å². The van der Waals surface area contributed by atoms with Crippen molar-refractivity contribution in [3.05, 3.63) is 107 Å². The van der Waals surface area contributed by atoms with Crippen LogP contribution >= 0.6 is 15.9 Å². The molecule has 1 aliphatic heterocycles. The fourth-order valence-electron chi connectivity index (χ4n) is 4.46. The number of imidazole rings is 1. The molecule has 1 atom stereocenters. The van der Waals surface area contributed by atoms with Gasteiger partial charge in [-0.1, -0.05) is 82.7 Å². The third-order valence-electron chi connectivity index (χ3n) is 5.87. The second-order valence-corrected chi connectivity index (χ2v) is 8.54. The van der Waals surface area contributed by atoms with E-state index in [1.54, 1.807) is 0 Å². The molecule has 0 saturated carbocycles. The summed E-state index contributed by atoms with van der Waals surface area (Å²) in [5.74, 6) is 0.776. The molecule has 0 spiro atoms. The Bertz CT molecular complexity index is 1420. The van der Waals surface area contributed by atoms with Gasteiger partial charge in [-0.05, 0) is 40.6 Å². The van der Waals surface area contributed by atoms with E-state index in [9.17, 15) is 0 Å². The second kappa shape index (κ2) is 6.92. The van der Waals surface area contributed by atoms with E-state index in [2.05, 4.69) is 105 Å². The minimum atomic E-state index is 0.145. The Hall–Kier alpha value is -3.24. The van der Waals surface area contributed by atoms with Gasteiger partial charge in [0.05, 0.1) is 22.8 Å². The van der Waals surface area contributed by atoms with Crippen LogP contribution < -0.4 is 0 Å². The average Bonchev–Trinajstić information content (AvgIpc) is 3.17. The van der Waals surface area contributed by atoms with E-state index in [0.717, 1.165) is 33.6 Å². The molecule has 4 heteroatoms. The average molecular weight is 452 g/mol. The molecule has 1 aliphatic rings. The Morgan fingerprint density at radius 3 is 2.47 bits per heavy atom. The SMILES string of the molecule is Brc1ccc(C2CC(c3cccc4ccccc34)=Nc3nc4ccccc4n32)cc1. The first-order chi connectivity index (χ1) is 14.8. The summed E-state index contributed by atoms with van der Waals surface area (Å²) in [5.41, 5.74) is 5.64. The zero-order chi connectivity index (χ0) is 20.1. The van der Waals surface area contributed by atoms with Gasteiger partial charge in [-0.25, -0.2) is 9.98 Å². The van der Waals surface area contributed by atoms with Crippen LogP contribution in [0.3, 0.4) is 0 Å². The van der Waals surface area contributed by atoms with Crippen LogP contribution in [-0.2, 0) is 0 Å². The minimum absolute atomic E-state index is 0.145. The van der Waals surface area contributed by atoms with Gasteiger partial charge >= 0.3 is 0 Å². The molecule has 0 aliphatic carbocycles. The molecule has 30 heavy (non-hydrogen) atoms. The summed E-state index contributed by atoms with van der Waals surface area (Å²) < 4.78 is 3.37. The van der Waals surface area contributed by atoms with E-state index in [1.807, 2.05) is 6.07 Å². The monoisotopic (exact) mass is 451 g/mol. The molecule has 0 fully saturated rings. The van der Waals surface area contributed by atoms with Gasteiger partial charge in [-0.2, -0.15) is 0 Å². The van der Waals surface area contributed by atoms with Crippen molar-refractivity contribution in [3.8, 4) is 0 Å². The van der Waals surface area contributed by atoms with Gasteiger partial charge in [0.25, 0.3) is 0 Å². The first-order valence-corrected chi connectivity index (χ1v) is 10.9. The number of para-hydroxylation sites is 2. The number of nitrogens with zero attached hydrogens (tertiary/aromatic N) is 3. The molecule has 144 valence electrons. The quantitative estimate of drug-likeness (QED) is 0.282. The molecule has 0 saturated heterocycles. The van der Waals surface area contributed by atoms with E-state index in [4.69, 9.17) is 9.98 Å². The Labute approximate surface area is 182 Å². The fraction of sp³-hybridized carbons (Fsp3) is 0.0769. The Kier molecular flexibility index (Phi) is 4.06. The predicted molar refractivity (Wildman–Crippen MR) is 127 cm³/mol. The molecule has 0 N–H and O–H groups in total. The summed E-state index contributed by atoms with van der Waals surface area (Å²) in [4.78, 5) is 9.92. The first-order valence-electron chi connectivity index (χ1n) is 10.1. The van der Waals surface area contributed by atoms with E-state index < -0.39 is 0 Å². The van der Waals surface area contributed by atoms with Crippen LogP contribution in [0.4, 0.5) is 5.95 Å². The van der Waals surface area contributed by atoms with E-state index in [1.165, 1.54) is 21.9 Å². The number of hydrogen-bond acceptors (Lipinski definition) is 2. The summed E-state index contributed by atoms with van der Waals surface area (Å²) in [6, 6.07) is 32.0. The summed E-state index contributed by atoms with van der Waals surface area (Å²) >= 11 is 3.57. The van der Waals surface area contributed by atoms with Crippen molar-refractivity contribution in [2.24, 2.45) is 4.99 Å². The third-order valence-corrected chi connectivity index (χ3v) is 6.39. The van der Waals surface area contributed by atoms with Crippen molar-refractivity contribution < 1.29 is 0 Å². The number of fused-ring (bicyclic) bond motifs is 4. The summed E-state index contributed by atoms with van der Waals surface area (Å²) in [6.07, 6.45) is 0.822. The number of aromatic nitrogens is 2. The van der Waals surface area contributed by atoms with Gasteiger partial charge in [0, 0.05) is 16.5 Å². The molecule has 2 heterocycles. The molecule has 4 aromatic carbocycles. The Morgan fingerprint density at radius 1 is 0.800 bits per heavy atom. The number of benzene rings is 4. The van der Waals surface area contributed by atoms with Crippen LogP contribution in [0.2, 0.25) is 0 Å². The largest absolute Gasteiger partial charge is 0.300 e. The lowest BCUT2D eigenvalue weighted by atomic mass is 9.93. The number of rotatable bonds is 2. The standard InChI is InChI=1S/C26H18BrN3/c27-19-14-12-18(13-15-19)25-16-23(21-9-5-7-17-6-1-2-8-20(17)21)29-26-28-22-10-3-4-11-24(22)30(25)26/h1-15,25H,16H2. The van der Waals surface area contributed by atoms with E-state index >= 15 is 0 Å². The second-order valence-electron chi connectivity index (χ2n) is 7.63. The highest BCUT2D eigenvalue weighted by atomic mass is 79.9. The van der Waals surface area contributed by atoms with Crippen LogP contribution in [0.1, 0.15) is 23.6 Å². The van der Waals surface area contributed by atoms with Gasteiger partial charge < -0.3 is 4.57 Å². The van der Waals surface area contributed by atoms with Gasteiger partial charge in [0.15, 0.2) is 0 Å². The van der Waals surface area contributed by atoms with Crippen molar-refractivity contribution in [3.63, 3.8) is 0 Å². The summed E-state index contributed by atoms with van der Waals surface area (Å²) in [5, 5.41) is 2.47. The highest BCUT2D eigenvalue weighted by molar-refractivity contribution is 9.10. The van der Waals surface area contributed by atoms with Crippen LogP contribution in [0, 0.1) is 0 Å². The van der Waals surface area contributed by atoms with Gasteiger partial charge in [-0.15, -0.1) is 0 Å². The molecule has 1 unspecified atom stereocenters. The number of hydrogen-bond donors (Lipinski definition) is 0. The van der Waals surface area contributed by atoms with Gasteiger partial charge in [0.1, 0.15) is 0 Å². The lowest BCUT2D eigenvalue weighted by Crippen LogP contribution is -2.20. The third kappa shape index (κ3) is 2.79. The van der Waals surface area contributed by atoms with Crippen molar-refractivity contribution in [1.29, 1.82) is 0 Å².